The number of primary amides is 3. The van der Waals surface area contributed by atoms with Gasteiger partial charge < -0.3 is 76.5 Å². The summed E-state index contributed by atoms with van der Waals surface area (Å²) in [6.07, 6.45) is -1.15. The van der Waals surface area contributed by atoms with Crippen LogP contribution in [-0.2, 0) is 65.6 Å². The highest BCUT2D eigenvalue weighted by Crippen LogP contribution is 2.26. The SMILES string of the molecule is Cc1cc(C)c(C[C@@H]2NC(=O)[C@@H](N)CSSC[C@@H](C(=O)N3CCC[C@H]3C(=O)N[C@H](CCCN=C(N)N)C(=O)NCC(N)=O)NC(=O)[C@H](CC(N)=O)NC(=O)[C@H](CCC(N)=O)NC(=O)[C@H](Cc3ccccc3)NC2=O)c(C)c1. The van der Waals surface area contributed by atoms with Crippen molar-refractivity contribution in [1.29, 1.82) is 0 Å². The number of nitrogens with zero attached hydrogens (tertiary/aromatic N) is 2. The Kier molecular flexibility index (Phi) is 24.4. The first-order valence-corrected chi connectivity index (χ1v) is 27.3. The zero-order valence-corrected chi connectivity index (χ0v) is 44.9. The van der Waals surface area contributed by atoms with Crippen LogP contribution in [0.4, 0.5) is 0 Å². The Labute approximate surface area is 453 Å². The molecule has 2 fully saturated rings. The van der Waals surface area contributed by atoms with Gasteiger partial charge in [-0.3, -0.25) is 57.7 Å². The van der Waals surface area contributed by atoms with E-state index in [0.717, 1.165) is 43.8 Å². The van der Waals surface area contributed by atoms with Gasteiger partial charge in [0.05, 0.1) is 19.0 Å². The van der Waals surface area contributed by atoms with Crippen molar-refractivity contribution in [3.63, 3.8) is 0 Å². The summed E-state index contributed by atoms with van der Waals surface area (Å²) in [6, 6.07) is 1.18. The van der Waals surface area contributed by atoms with Gasteiger partial charge >= 0.3 is 0 Å². The van der Waals surface area contributed by atoms with E-state index in [1.165, 1.54) is 4.90 Å². The van der Waals surface area contributed by atoms with E-state index in [4.69, 9.17) is 34.4 Å². The van der Waals surface area contributed by atoms with E-state index < -0.39 is 139 Å². The van der Waals surface area contributed by atoms with Gasteiger partial charge in [-0.05, 0) is 75.1 Å². The van der Waals surface area contributed by atoms with Crippen molar-refractivity contribution in [2.45, 2.75) is 127 Å². The molecule has 77 heavy (non-hydrogen) atoms. The van der Waals surface area contributed by atoms with Gasteiger partial charge in [-0.1, -0.05) is 69.6 Å². The fourth-order valence-electron chi connectivity index (χ4n) is 8.67. The Bertz CT molecular complexity index is 2510. The number of nitrogens with two attached hydrogens (primary N) is 6. The number of rotatable bonds is 19. The number of likely N-dealkylation sites (tertiary alicyclic amines) is 1. The molecule has 420 valence electrons. The molecule has 28 heteroatoms. The number of guanidine groups is 1. The second kappa shape index (κ2) is 30.3. The van der Waals surface area contributed by atoms with Crippen LogP contribution in [0.1, 0.15) is 72.8 Å². The minimum absolute atomic E-state index is 0.00867. The Morgan fingerprint density at radius 3 is 1.94 bits per heavy atom. The third-order valence-corrected chi connectivity index (χ3v) is 15.0. The topological polar surface area (TPSA) is 444 Å². The fourth-order valence-corrected chi connectivity index (χ4v) is 10.9. The van der Waals surface area contributed by atoms with E-state index in [9.17, 15) is 52.7 Å². The predicted octanol–water partition coefficient (Wildman–Crippen LogP) is -4.18. The number of carbonyl (C=O) groups excluding carboxylic acids is 11. The van der Waals surface area contributed by atoms with Crippen molar-refractivity contribution in [2.24, 2.45) is 39.4 Å². The van der Waals surface area contributed by atoms with Crippen LogP contribution in [0.2, 0.25) is 0 Å². The van der Waals surface area contributed by atoms with Crippen LogP contribution in [0.5, 0.6) is 0 Å². The summed E-state index contributed by atoms with van der Waals surface area (Å²) < 4.78 is 0. The molecule has 2 aliphatic rings. The number of benzene rings is 2. The van der Waals surface area contributed by atoms with Gasteiger partial charge in [0, 0.05) is 43.9 Å². The maximum absolute atomic E-state index is 14.7. The average molecular weight is 1110 g/mol. The highest BCUT2D eigenvalue weighted by Gasteiger charge is 2.41. The van der Waals surface area contributed by atoms with Crippen LogP contribution in [0.15, 0.2) is 47.5 Å². The summed E-state index contributed by atoms with van der Waals surface area (Å²) in [4.78, 5) is 154. The van der Waals surface area contributed by atoms with Gasteiger partial charge in [0.25, 0.3) is 0 Å². The maximum Gasteiger partial charge on any atom is 0.246 e. The van der Waals surface area contributed by atoms with E-state index in [1.807, 2.05) is 32.9 Å². The average Bonchev–Trinajstić information content (AvgIpc) is 3.86. The predicted molar refractivity (Wildman–Crippen MR) is 288 cm³/mol. The first-order chi connectivity index (χ1) is 36.4. The molecule has 19 N–H and O–H groups in total. The quantitative estimate of drug-likeness (QED) is 0.0275. The highest BCUT2D eigenvalue weighted by molar-refractivity contribution is 8.76. The first kappa shape index (κ1) is 62.1. The summed E-state index contributed by atoms with van der Waals surface area (Å²) in [6.45, 7) is 5.23. The molecule has 4 rings (SSSR count). The van der Waals surface area contributed by atoms with Crippen molar-refractivity contribution in [2.75, 3.05) is 31.1 Å². The van der Waals surface area contributed by atoms with Gasteiger partial charge in [-0.25, -0.2) is 0 Å². The monoisotopic (exact) mass is 1110 g/mol. The largest absolute Gasteiger partial charge is 0.370 e. The van der Waals surface area contributed by atoms with E-state index >= 15 is 0 Å². The summed E-state index contributed by atoms with van der Waals surface area (Å²) in [5, 5.41) is 18.1. The van der Waals surface area contributed by atoms with Crippen molar-refractivity contribution in [3.8, 4) is 0 Å². The number of aliphatic imine (C=N–C) groups is 1. The lowest BCUT2D eigenvalue weighted by atomic mass is 9.93. The Hall–Kier alpha value is -7.46. The minimum Gasteiger partial charge on any atom is -0.370 e. The van der Waals surface area contributed by atoms with Crippen molar-refractivity contribution in [3.05, 3.63) is 70.3 Å². The van der Waals surface area contributed by atoms with Crippen LogP contribution in [0, 0.1) is 20.8 Å². The van der Waals surface area contributed by atoms with Crippen molar-refractivity contribution < 1.29 is 52.7 Å². The summed E-state index contributed by atoms with van der Waals surface area (Å²) >= 11 is 0. The lowest BCUT2D eigenvalue weighted by Gasteiger charge is -2.31. The minimum atomic E-state index is -1.78. The zero-order valence-electron chi connectivity index (χ0n) is 43.2. The van der Waals surface area contributed by atoms with E-state index in [1.54, 1.807) is 30.3 Å². The summed E-state index contributed by atoms with van der Waals surface area (Å²) in [5.74, 6) is -10.1. The molecule has 26 nitrogen and oxygen atoms in total. The molecule has 0 unspecified atom stereocenters. The van der Waals surface area contributed by atoms with Crippen molar-refractivity contribution in [1.82, 2.24) is 42.1 Å². The molecule has 0 aliphatic carbocycles. The van der Waals surface area contributed by atoms with Gasteiger partial charge in [-0.15, -0.1) is 0 Å². The normalized spacial score (nSPS) is 22.4. The van der Waals surface area contributed by atoms with E-state index in [2.05, 4.69) is 42.2 Å². The van der Waals surface area contributed by atoms with Gasteiger partial charge in [0.1, 0.15) is 42.3 Å². The third kappa shape index (κ3) is 20.2. The molecule has 2 aromatic carbocycles. The number of amides is 11. The number of carbonyl (C=O) groups is 11. The van der Waals surface area contributed by atoms with Gasteiger partial charge in [0.2, 0.25) is 65.0 Å². The van der Waals surface area contributed by atoms with E-state index in [-0.39, 0.29) is 62.7 Å². The second-order valence-electron chi connectivity index (χ2n) is 18.8. The Morgan fingerprint density at radius 2 is 1.31 bits per heavy atom. The molecule has 0 spiro atoms. The first-order valence-electron chi connectivity index (χ1n) is 24.8. The molecule has 2 aliphatic heterocycles. The van der Waals surface area contributed by atoms with Gasteiger partial charge in [0.15, 0.2) is 5.96 Å². The van der Waals surface area contributed by atoms with Gasteiger partial charge in [-0.2, -0.15) is 0 Å². The third-order valence-electron chi connectivity index (χ3n) is 12.5. The highest BCUT2D eigenvalue weighted by atomic mass is 33.1. The molecule has 2 heterocycles. The Morgan fingerprint density at radius 1 is 0.727 bits per heavy atom. The van der Waals surface area contributed by atoms with Crippen LogP contribution in [0.3, 0.4) is 0 Å². The van der Waals surface area contributed by atoms with E-state index in [0.29, 0.717) is 12.0 Å². The van der Waals surface area contributed by atoms with Crippen LogP contribution < -0.4 is 71.6 Å². The molecule has 0 aromatic heterocycles. The Balaban J connectivity index is 1.74. The molecule has 2 saturated heterocycles. The molecule has 8 atom stereocenters. The van der Waals surface area contributed by atoms with Crippen LogP contribution in [0.25, 0.3) is 0 Å². The second-order valence-corrected chi connectivity index (χ2v) is 21.4. The summed E-state index contributed by atoms with van der Waals surface area (Å²) in [7, 11) is 2.05. The lowest BCUT2D eigenvalue weighted by molar-refractivity contribution is -0.142. The summed E-state index contributed by atoms with van der Waals surface area (Å²) in [5.41, 5.74) is 37.5. The molecular weight excluding hydrogens is 1040 g/mol. The fraction of sp³-hybridized carbons (Fsp3) is 0.510. The molecular formula is C49H71N15O11S2. The lowest BCUT2D eigenvalue weighted by Crippen LogP contribution is -2.61. The zero-order chi connectivity index (χ0) is 56.9. The molecule has 0 radical (unpaired) electrons. The molecule has 11 amide bonds. The molecule has 0 saturated carbocycles. The number of aryl methyl sites for hydroxylation is 3. The van der Waals surface area contributed by atoms with Crippen LogP contribution in [-0.4, -0.2) is 155 Å². The van der Waals surface area contributed by atoms with Crippen molar-refractivity contribution >= 4 is 92.5 Å². The number of hydrogen-bond acceptors (Lipinski definition) is 15. The number of nitrogens with one attached hydrogen (secondary N) is 7. The molecule has 2 aromatic rings. The molecule has 0 bridgehead atoms. The standard InChI is InChI=1S/C49H71N15O11S2/c1-25-17-26(2)29(27(3)18-25)20-34-45(72)61-33(19-28-9-5-4-6-10-28)44(71)58-32(13-14-38(51)65)43(70)62-35(21-39(52)66)46(73)63-36(24-77-76-23-30(50)41(68)60-34)48(75)64-16-8-12-37(64)47(74)59-31(11-7-15-56-49(54)55)42(69)57-22-40(53)67/h4-6,9-10,17-18,30-37H,7-8,11-16,19-24,50H2,1-3H3,(H2,51,65)(H2,52,66)(H2,53,67)(H,57,69)(H,58,71)(H,59,74)(H,60,68)(H,61,72)(H,62,70)(H,63,73)(H4,54,55,56)/t30-,31+,32-,33-,34-,35-,36-,37-/m0/s1. The van der Waals surface area contributed by atoms with Crippen LogP contribution >= 0.6 is 21.6 Å². The number of hydrogen-bond donors (Lipinski definition) is 13. The smallest absolute Gasteiger partial charge is 0.246 e. The maximum atomic E-state index is 14.7.